The van der Waals surface area contributed by atoms with Gasteiger partial charge in [-0.2, -0.15) is 5.06 Å². The number of piperidine rings is 1. The van der Waals surface area contributed by atoms with Crippen LogP contribution in [0, 0.1) is 5.92 Å². The number of rotatable bonds is 10. The molecule has 3 fully saturated rings. The quantitative estimate of drug-likeness (QED) is 0.406. The van der Waals surface area contributed by atoms with Crippen molar-refractivity contribution >= 4 is 23.8 Å². The van der Waals surface area contributed by atoms with Crippen molar-refractivity contribution in [2.24, 2.45) is 5.92 Å². The minimum Gasteiger partial charge on any atom is -0.328 e. The Morgan fingerprint density at radius 3 is 2.55 bits per heavy atom. The molecule has 3 aliphatic heterocycles. The van der Waals surface area contributed by atoms with Crippen molar-refractivity contribution in [3.8, 4) is 0 Å². The number of urea groups is 1. The van der Waals surface area contributed by atoms with Crippen molar-refractivity contribution in [3.63, 3.8) is 0 Å². The number of carbonyl (C=O) groups excluding carboxylic acids is 4. The lowest BCUT2D eigenvalue weighted by Gasteiger charge is -2.29. The third-order valence-electron chi connectivity index (χ3n) is 5.86. The van der Waals surface area contributed by atoms with Crippen LogP contribution in [0.5, 0.6) is 0 Å². The van der Waals surface area contributed by atoms with E-state index in [1.807, 2.05) is 6.92 Å². The van der Waals surface area contributed by atoms with Crippen LogP contribution < -0.4 is 0 Å². The molecule has 3 atom stereocenters. The molecular weight excluding hydrogens is 378 g/mol. The molecule has 2 bridgehead atoms. The van der Waals surface area contributed by atoms with Gasteiger partial charge in [0.15, 0.2) is 0 Å². The van der Waals surface area contributed by atoms with Crippen LogP contribution in [0.4, 0.5) is 4.79 Å². The Balaban J connectivity index is 1.57. The SMILES string of the molecule is CCCCCC1CC(=O)N(OC(=O)[C@@H]2CC[C@H]3CN2C(=O)N3OCCCC)C1=O. The van der Waals surface area contributed by atoms with E-state index in [0.717, 1.165) is 32.1 Å². The molecule has 9 heteroatoms. The molecule has 1 unspecified atom stereocenters. The fraction of sp³-hybridized carbons (Fsp3) is 0.800. The lowest BCUT2D eigenvalue weighted by Crippen LogP contribution is -2.48. The molecule has 3 heterocycles. The number of hydrogen-bond donors (Lipinski definition) is 0. The minimum absolute atomic E-state index is 0.0737. The lowest BCUT2D eigenvalue weighted by atomic mass is 10.00. The van der Waals surface area contributed by atoms with Gasteiger partial charge in [-0.1, -0.05) is 39.5 Å². The Kier molecular flexibility index (Phi) is 7.10. The third kappa shape index (κ3) is 4.55. The van der Waals surface area contributed by atoms with Gasteiger partial charge in [0.2, 0.25) is 0 Å². The monoisotopic (exact) mass is 409 g/mol. The van der Waals surface area contributed by atoms with E-state index in [0.29, 0.717) is 37.5 Å². The Hall–Kier alpha value is -2.16. The normalized spacial score (nSPS) is 26.6. The number of unbranched alkanes of at least 4 members (excludes halogenated alkanes) is 3. The number of fused-ring (bicyclic) bond motifs is 2. The zero-order valence-corrected chi connectivity index (χ0v) is 17.3. The van der Waals surface area contributed by atoms with Crippen LogP contribution in [0.2, 0.25) is 0 Å². The summed E-state index contributed by atoms with van der Waals surface area (Å²) in [7, 11) is 0. The molecule has 0 N–H and O–H groups in total. The number of nitrogens with zero attached hydrogens (tertiary/aromatic N) is 3. The molecule has 0 aromatic heterocycles. The highest BCUT2D eigenvalue weighted by Gasteiger charge is 2.50. The second-order valence-corrected chi connectivity index (χ2v) is 8.03. The molecule has 9 nitrogen and oxygen atoms in total. The average Bonchev–Trinajstić information content (AvgIpc) is 3.11. The van der Waals surface area contributed by atoms with E-state index in [4.69, 9.17) is 9.68 Å². The van der Waals surface area contributed by atoms with Crippen LogP contribution in [0.1, 0.15) is 71.6 Å². The molecule has 0 aliphatic carbocycles. The molecule has 0 aromatic carbocycles. The molecule has 0 aromatic rings. The van der Waals surface area contributed by atoms with E-state index in [-0.39, 0.29) is 18.5 Å². The molecule has 0 saturated carbocycles. The molecular formula is C20H31N3O6. The van der Waals surface area contributed by atoms with Crippen LogP contribution in [0.3, 0.4) is 0 Å². The number of imide groups is 1. The first-order valence-corrected chi connectivity index (χ1v) is 10.8. The Bertz CT molecular complexity index is 654. The van der Waals surface area contributed by atoms with Gasteiger partial charge in [-0.05, 0) is 25.7 Å². The van der Waals surface area contributed by atoms with Crippen molar-refractivity contribution in [1.82, 2.24) is 15.0 Å². The summed E-state index contributed by atoms with van der Waals surface area (Å²) in [6.07, 6.45) is 6.41. The maximum atomic E-state index is 12.7. The maximum Gasteiger partial charge on any atom is 0.355 e. The standard InChI is InChI=1S/C20H31N3O6/c1-3-5-7-8-14-12-17(24)23(18(14)25)29-19(26)16-10-9-15-13-21(16)20(27)22(15)28-11-6-4-2/h14-16H,3-13H2,1-2H3/t14?,15-,16-/m0/s1. The Labute approximate surface area is 171 Å². The number of hydroxylamine groups is 4. The van der Waals surface area contributed by atoms with E-state index in [9.17, 15) is 19.2 Å². The molecule has 3 saturated heterocycles. The van der Waals surface area contributed by atoms with Gasteiger partial charge in [0.05, 0.1) is 18.6 Å². The highest BCUT2D eigenvalue weighted by molar-refractivity contribution is 6.03. The number of carbonyl (C=O) groups is 4. The summed E-state index contributed by atoms with van der Waals surface area (Å²) in [5.41, 5.74) is 0. The zero-order chi connectivity index (χ0) is 21.0. The summed E-state index contributed by atoms with van der Waals surface area (Å²) in [6, 6.07) is -1.25. The Morgan fingerprint density at radius 1 is 1.07 bits per heavy atom. The first kappa shape index (κ1) is 21.5. The highest BCUT2D eigenvalue weighted by atomic mass is 16.7. The van der Waals surface area contributed by atoms with Gasteiger partial charge in [-0.15, -0.1) is 5.06 Å². The molecule has 162 valence electrons. The molecule has 3 aliphatic rings. The molecule has 29 heavy (non-hydrogen) atoms. The third-order valence-corrected chi connectivity index (χ3v) is 5.86. The summed E-state index contributed by atoms with van der Waals surface area (Å²) in [6.45, 7) is 4.95. The number of hydrogen-bond acceptors (Lipinski definition) is 6. The lowest BCUT2D eigenvalue weighted by molar-refractivity contribution is -0.201. The molecule has 3 rings (SSSR count). The van der Waals surface area contributed by atoms with Crippen LogP contribution in [-0.4, -0.2) is 64.1 Å². The van der Waals surface area contributed by atoms with Crippen molar-refractivity contribution in [2.45, 2.75) is 83.7 Å². The first-order valence-electron chi connectivity index (χ1n) is 10.8. The largest absolute Gasteiger partial charge is 0.355 e. The van der Waals surface area contributed by atoms with E-state index < -0.39 is 29.7 Å². The van der Waals surface area contributed by atoms with Crippen LogP contribution in [-0.2, 0) is 24.1 Å². The zero-order valence-electron chi connectivity index (χ0n) is 17.3. The molecule has 0 radical (unpaired) electrons. The van der Waals surface area contributed by atoms with E-state index in [1.165, 1.54) is 9.96 Å². The van der Waals surface area contributed by atoms with Gasteiger partial charge in [0.1, 0.15) is 6.04 Å². The van der Waals surface area contributed by atoms with Crippen LogP contribution in [0.15, 0.2) is 0 Å². The smallest absolute Gasteiger partial charge is 0.328 e. The topological polar surface area (TPSA) is 96.5 Å². The van der Waals surface area contributed by atoms with Gasteiger partial charge in [0.25, 0.3) is 11.8 Å². The van der Waals surface area contributed by atoms with Gasteiger partial charge < -0.3 is 9.74 Å². The summed E-state index contributed by atoms with van der Waals surface area (Å²) < 4.78 is 0. The van der Waals surface area contributed by atoms with Crippen molar-refractivity contribution < 1.29 is 28.9 Å². The first-order chi connectivity index (χ1) is 14.0. The summed E-state index contributed by atoms with van der Waals surface area (Å²) >= 11 is 0. The Morgan fingerprint density at radius 2 is 1.83 bits per heavy atom. The second kappa shape index (κ2) is 9.56. The van der Waals surface area contributed by atoms with E-state index >= 15 is 0 Å². The van der Waals surface area contributed by atoms with Crippen molar-refractivity contribution in [2.75, 3.05) is 13.2 Å². The van der Waals surface area contributed by atoms with Gasteiger partial charge in [-0.3, -0.25) is 14.4 Å². The average molecular weight is 409 g/mol. The van der Waals surface area contributed by atoms with E-state index in [1.54, 1.807) is 0 Å². The summed E-state index contributed by atoms with van der Waals surface area (Å²) in [5.74, 6) is -2.10. The van der Waals surface area contributed by atoms with Gasteiger partial charge in [0, 0.05) is 13.0 Å². The van der Waals surface area contributed by atoms with Gasteiger partial charge >= 0.3 is 12.0 Å². The maximum absolute atomic E-state index is 12.7. The fourth-order valence-corrected chi connectivity index (χ4v) is 4.13. The minimum atomic E-state index is -0.807. The predicted octanol–water partition coefficient (Wildman–Crippen LogP) is 2.40. The van der Waals surface area contributed by atoms with Crippen LogP contribution >= 0.6 is 0 Å². The molecule has 4 amide bonds. The second-order valence-electron chi connectivity index (χ2n) is 8.03. The predicted molar refractivity (Wildman–Crippen MR) is 102 cm³/mol. The van der Waals surface area contributed by atoms with Crippen molar-refractivity contribution in [3.05, 3.63) is 0 Å². The van der Waals surface area contributed by atoms with Crippen molar-refractivity contribution in [1.29, 1.82) is 0 Å². The highest BCUT2D eigenvalue weighted by Crippen LogP contribution is 2.32. The van der Waals surface area contributed by atoms with Gasteiger partial charge in [-0.25, -0.2) is 9.59 Å². The number of amides is 4. The van der Waals surface area contributed by atoms with E-state index in [2.05, 4.69) is 6.92 Å². The summed E-state index contributed by atoms with van der Waals surface area (Å²) in [5, 5.41) is 1.97. The van der Waals surface area contributed by atoms with Crippen LogP contribution in [0.25, 0.3) is 0 Å². The summed E-state index contributed by atoms with van der Waals surface area (Å²) in [4.78, 5) is 62.2. The fourth-order valence-electron chi connectivity index (χ4n) is 4.13. The molecule has 0 spiro atoms.